The molecule has 3 rings (SSSR count). The average Bonchev–Trinajstić information content (AvgIpc) is 3.01. The van der Waals surface area contributed by atoms with Crippen LogP contribution in [0.4, 0.5) is 0 Å². The van der Waals surface area contributed by atoms with Crippen LogP contribution in [-0.4, -0.2) is 32.0 Å². The van der Waals surface area contributed by atoms with Crippen molar-refractivity contribution in [2.75, 3.05) is 0 Å². The number of nitrogens with zero attached hydrogens (tertiary/aromatic N) is 3. The lowest BCUT2D eigenvalue weighted by Crippen LogP contribution is -2.37. The van der Waals surface area contributed by atoms with Gasteiger partial charge in [0.05, 0.1) is 5.56 Å². The van der Waals surface area contributed by atoms with Crippen LogP contribution < -0.4 is 16.3 Å². The molecule has 2 amide bonds. The number of aromatic nitrogens is 3. The Labute approximate surface area is 168 Å². The van der Waals surface area contributed by atoms with Gasteiger partial charge in [0, 0.05) is 18.8 Å². The van der Waals surface area contributed by atoms with E-state index < -0.39 is 5.69 Å². The zero-order valence-electron chi connectivity index (χ0n) is 16.8. The molecule has 8 nitrogen and oxygen atoms in total. The Bertz CT molecular complexity index is 1080. The van der Waals surface area contributed by atoms with Gasteiger partial charge < -0.3 is 10.6 Å². The van der Waals surface area contributed by atoms with E-state index in [0.29, 0.717) is 17.8 Å². The number of benzene rings is 1. The highest BCUT2D eigenvalue weighted by molar-refractivity contribution is 5.94. The second-order valence-corrected chi connectivity index (χ2v) is 7.13. The number of hydrogen-bond acceptors (Lipinski definition) is 4. The van der Waals surface area contributed by atoms with Crippen LogP contribution in [0.2, 0.25) is 0 Å². The molecule has 0 saturated carbocycles. The highest BCUT2D eigenvalue weighted by Crippen LogP contribution is 2.05. The molecule has 0 aliphatic heterocycles. The Morgan fingerprint density at radius 2 is 1.86 bits per heavy atom. The molecule has 0 aliphatic rings. The van der Waals surface area contributed by atoms with Crippen molar-refractivity contribution >= 4 is 17.5 Å². The van der Waals surface area contributed by atoms with E-state index in [1.807, 2.05) is 45.0 Å². The van der Waals surface area contributed by atoms with E-state index in [2.05, 4.69) is 15.7 Å². The van der Waals surface area contributed by atoms with E-state index in [4.69, 9.17) is 0 Å². The summed E-state index contributed by atoms with van der Waals surface area (Å²) in [6.45, 7) is 6.09. The van der Waals surface area contributed by atoms with Crippen LogP contribution in [0.1, 0.15) is 41.8 Å². The first kappa shape index (κ1) is 20.3. The first-order valence-electron chi connectivity index (χ1n) is 9.59. The van der Waals surface area contributed by atoms with Crippen molar-refractivity contribution in [1.82, 2.24) is 24.8 Å². The number of amides is 2. The van der Waals surface area contributed by atoms with Gasteiger partial charge in [0.2, 0.25) is 5.91 Å². The zero-order chi connectivity index (χ0) is 21.0. The summed E-state index contributed by atoms with van der Waals surface area (Å²) >= 11 is 0. The fourth-order valence-corrected chi connectivity index (χ4v) is 2.80. The van der Waals surface area contributed by atoms with Crippen LogP contribution in [0.15, 0.2) is 47.4 Å². The lowest BCUT2D eigenvalue weighted by atomic mass is 10.1. The number of aryl methyl sites for hydroxylation is 1. The average molecular weight is 395 g/mol. The van der Waals surface area contributed by atoms with E-state index >= 15 is 0 Å². The molecule has 0 bridgehead atoms. The summed E-state index contributed by atoms with van der Waals surface area (Å²) in [4.78, 5) is 37.1. The van der Waals surface area contributed by atoms with Crippen molar-refractivity contribution in [3.05, 3.63) is 69.8 Å². The summed E-state index contributed by atoms with van der Waals surface area (Å²) in [5.74, 6) is -0.567. The molecule has 1 unspecified atom stereocenters. The van der Waals surface area contributed by atoms with Gasteiger partial charge in [-0.3, -0.25) is 9.59 Å². The molecular formula is C21H25N5O3. The van der Waals surface area contributed by atoms with Crippen molar-refractivity contribution in [1.29, 1.82) is 0 Å². The summed E-state index contributed by atoms with van der Waals surface area (Å²) in [6.07, 6.45) is 2.24. The second kappa shape index (κ2) is 8.72. The Morgan fingerprint density at radius 1 is 1.14 bits per heavy atom. The van der Waals surface area contributed by atoms with Gasteiger partial charge in [-0.15, -0.1) is 5.10 Å². The third-order valence-electron chi connectivity index (χ3n) is 4.73. The molecule has 0 saturated heterocycles. The molecule has 8 heteroatoms. The molecule has 0 spiro atoms. The number of hydrogen-bond donors (Lipinski definition) is 2. The van der Waals surface area contributed by atoms with Gasteiger partial charge in [-0.1, -0.05) is 36.8 Å². The molecule has 1 aromatic carbocycles. The van der Waals surface area contributed by atoms with Crippen molar-refractivity contribution in [3.63, 3.8) is 0 Å². The van der Waals surface area contributed by atoms with Gasteiger partial charge in [-0.05, 0) is 38.0 Å². The molecule has 1 atom stereocenters. The van der Waals surface area contributed by atoms with E-state index in [1.165, 1.54) is 10.6 Å². The maximum Gasteiger partial charge on any atom is 0.350 e. The second-order valence-electron chi connectivity index (χ2n) is 7.13. The lowest BCUT2D eigenvalue weighted by molar-refractivity contribution is -0.122. The van der Waals surface area contributed by atoms with E-state index in [1.54, 1.807) is 12.1 Å². The smallest absolute Gasteiger partial charge is 0.350 e. The summed E-state index contributed by atoms with van der Waals surface area (Å²) < 4.78 is 2.37. The highest BCUT2D eigenvalue weighted by atomic mass is 16.2. The number of pyridine rings is 1. The number of nitrogens with one attached hydrogen (secondary N) is 2. The van der Waals surface area contributed by atoms with Crippen LogP contribution in [0.3, 0.4) is 0 Å². The zero-order valence-corrected chi connectivity index (χ0v) is 16.8. The molecule has 2 heterocycles. The molecule has 0 fully saturated rings. The van der Waals surface area contributed by atoms with E-state index in [9.17, 15) is 14.4 Å². The lowest BCUT2D eigenvalue weighted by Gasteiger charge is -2.10. The Balaban J connectivity index is 1.73. The number of fused-ring (bicyclic) bond motifs is 1. The van der Waals surface area contributed by atoms with E-state index in [0.717, 1.165) is 22.2 Å². The third kappa shape index (κ3) is 4.90. The summed E-state index contributed by atoms with van der Waals surface area (Å²) in [5, 5.41) is 9.81. The minimum atomic E-state index is -0.465. The monoisotopic (exact) mass is 395 g/mol. The maximum absolute atomic E-state index is 12.6. The van der Waals surface area contributed by atoms with Crippen LogP contribution in [0.5, 0.6) is 0 Å². The largest absolute Gasteiger partial charge is 0.352 e. The highest BCUT2D eigenvalue weighted by Gasteiger charge is 2.14. The van der Waals surface area contributed by atoms with Crippen molar-refractivity contribution in [2.24, 2.45) is 0 Å². The van der Waals surface area contributed by atoms with Gasteiger partial charge >= 0.3 is 5.69 Å². The number of carbonyl (C=O) groups excluding carboxylic acids is 2. The van der Waals surface area contributed by atoms with Gasteiger partial charge in [0.25, 0.3) is 5.91 Å². The molecule has 29 heavy (non-hydrogen) atoms. The number of rotatable bonds is 7. The number of carbonyl (C=O) groups is 2. The van der Waals surface area contributed by atoms with Crippen molar-refractivity contribution in [3.8, 4) is 0 Å². The Kier molecular flexibility index (Phi) is 6.11. The third-order valence-corrected chi connectivity index (χ3v) is 4.73. The molecule has 2 aromatic heterocycles. The molecule has 3 aromatic rings. The SMILES string of the molecule is CCC(C)NC(=O)Cn1nc2ccc(C(=O)NCc3ccc(C)cc3)cn2c1=O. The Hall–Kier alpha value is -3.42. The predicted octanol–water partition coefficient (Wildman–Crippen LogP) is 1.65. The standard InChI is InChI=1S/C21H25N5O3/c1-4-15(3)23-19(27)13-26-21(29)25-12-17(9-10-18(25)24-26)20(28)22-11-16-7-5-14(2)6-8-16/h5-10,12,15H,4,11,13H2,1-3H3,(H,22,28)(H,23,27). The minimum absolute atomic E-state index is 0.0269. The quantitative estimate of drug-likeness (QED) is 0.636. The molecule has 2 N–H and O–H groups in total. The molecule has 152 valence electrons. The fraction of sp³-hybridized carbons (Fsp3) is 0.333. The van der Waals surface area contributed by atoms with Gasteiger partial charge in [-0.25, -0.2) is 13.9 Å². The normalized spacial score (nSPS) is 12.0. The van der Waals surface area contributed by atoms with Gasteiger partial charge in [0.1, 0.15) is 6.54 Å². The molecule has 0 aliphatic carbocycles. The molecule has 0 radical (unpaired) electrons. The van der Waals surface area contributed by atoms with Crippen LogP contribution in [-0.2, 0) is 17.9 Å². The minimum Gasteiger partial charge on any atom is -0.352 e. The first-order chi connectivity index (χ1) is 13.9. The van der Waals surface area contributed by atoms with Crippen molar-refractivity contribution in [2.45, 2.75) is 46.3 Å². The predicted molar refractivity (Wildman–Crippen MR) is 110 cm³/mol. The summed E-state index contributed by atoms with van der Waals surface area (Å²) in [5.41, 5.74) is 2.39. The summed E-state index contributed by atoms with van der Waals surface area (Å²) in [7, 11) is 0. The fourth-order valence-electron chi connectivity index (χ4n) is 2.80. The van der Waals surface area contributed by atoms with E-state index in [-0.39, 0.29) is 24.4 Å². The van der Waals surface area contributed by atoms with Gasteiger partial charge in [0.15, 0.2) is 5.65 Å². The topological polar surface area (TPSA) is 97.5 Å². The Morgan fingerprint density at radius 3 is 2.55 bits per heavy atom. The summed E-state index contributed by atoms with van der Waals surface area (Å²) in [6, 6.07) is 11.1. The first-order valence-corrected chi connectivity index (χ1v) is 9.59. The van der Waals surface area contributed by atoms with Crippen molar-refractivity contribution < 1.29 is 9.59 Å². The van der Waals surface area contributed by atoms with Gasteiger partial charge in [-0.2, -0.15) is 0 Å². The molecular weight excluding hydrogens is 370 g/mol. The van der Waals surface area contributed by atoms with Crippen LogP contribution in [0, 0.1) is 6.92 Å². The van der Waals surface area contributed by atoms with Crippen LogP contribution in [0.25, 0.3) is 5.65 Å². The maximum atomic E-state index is 12.6. The van der Waals surface area contributed by atoms with Crippen LogP contribution >= 0.6 is 0 Å².